The molecule has 1 atom stereocenters. The molecular weight excluding hydrogens is 358 g/mol. The molecule has 0 aliphatic carbocycles. The number of rotatable bonds is 8. The zero-order valence-electron chi connectivity index (χ0n) is 16.2. The van der Waals surface area contributed by atoms with E-state index in [0.29, 0.717) is 19.8 Å². The summed E-state index contributed by atoms with van der Waals surface area (Å²) in [7, 11) is 0. The summed E-state index contributed by atoms with van der Waals surface area (Å²) in [4.78, 5) is 24.5. The predicted octanol–water partition coefficient (Wildman–Crippen LogP) is 3.19. The molecule has 0 spiro atoms. The third-order valence-corrected chi connectivity index (χ3v) is 4.81. The number of hydrogen-bond acceptors (Lipinski definition) is 4. The van der Waals surface area contributed by atoms with Crippen LogP contribution in [0.3, 0.4) is 0 Å². The highest BCUT2D eigenvalue weighted by molar-refractivity contribution is 5.86. The number of benzene rings is 2. The first-order valence-corrected chi connectivity index (χ1v) is 9.35. The number of carbonyl (C=O) groups is 2. The molecule has 6 nitrogen and oxygen atoms in total. The molecular formula is C22H25NO5. The zero-order chi connectivity index (χ0) is 20.1. The second-order valence-corrected chi connectivity index (χ2v) is 7.12. The Labute approximate surface area is 164 Å². The number of carbonyl (C=O) groups excluding carboxylic acids is 1. The van der Waals surface area contributed by atoms with Crippen molar-refractivity contribution in [3.8, 4) is 11.5 Å². The van der Waals surface area contributed by atoms with E-state index in [4.69, 9.17) is 14.6 Å². The van der Waals surface area contributed by atoms with Crippen LogP contribution in [0.4, 0.5) is 0 Å². The lowest BCUT2D eigenvalue weighted by Crippen LogP contribution is -2.25. The monoisotopic (exact) mass is 383 g/mol. The van der Waals surface area contributed by atoms with Crippen LogP contribution >= 0.6 is 0 Å². The molecule has 1 aliphatic rings. The van der Waals surface area contributed by atoms with Crippen LogP contribution in [0.1, 0.15) is 23.1 Å². The molecule has 1 fully saturated rings. The van der Waals surface area contributed by atoms with Crippen molar-refractivity contribution in [2.45, 2.75) is 26.8 Å². The Kier molecular flexibility index (Phi) is 6.19. The summed E-state index contributed by atoms with van der Waals surface area (Å²) in [5.41, 5.74) is 3.19. The molecule has 2 aromatic carbocycles. The van der Waals surface area contributed by atoms with E-state index in [0.717, 1.165) is 28.2 Å². The van der Waals surface area contributed by atoms with Crippen LogP contribution in [0.5, 0.6) is 11.5 Å². The molecule has 3 rings (SSSR count). The SMILES string of the molecule is Cc1ccc(C)c(OCCOc2ccc(CN3CC(C(=O)O)CC3=O)cc2)c1. The van der Waals surface area contributed by atoms with E-state index in [2.05, 4.69) is 6.07 Å². The van der Waals surface area contributed by atoms with Crippen LogP contribution in [0.25, 0.3) is 0 Å². The maximum atomic E-state index is 11.9. The summed E-state index contributed by atoms with van der Waals surface area (Å²) in [6.07, 6.45) is 0.0803. The maximum absolute atomic E-state index is 11.9. The second-order valence-electron chi connectivity index (χ2n) is 7.12. The van der Waals surface area contributed by atoms with Crippen LogP contribution in [0.15, 0.2) is 42.5 Å². The minimum absolute atomic E-state index is 0.0803. The molecule has 148 valence electrons. The van der Waals surface area contributed by atoms with E-state index in [-0.39, 0.29) is 18.9 Å². The van der Waals surface area contributed by atoms with Gasteiger partial charge in [-0.25, -0.2) is 0 Å². The largest absolute Gasteiger partial charge is 0.490 e. The van der Waals surface area contributed by atoms with Gasteiger partial charge in [0.05, 0.1) is 5.92 Å². The highest BCUT2D eigenvalue weighted by atomic mass is 16.5. The van der Waals surface area contributed by atoms with Crippen molar-refractivity contribution < 1.29 is 24.2 Å². The summed E-state index contributed by atoms with van der Waals surface area (Å²) >= 11 is 0. The highest BCUT2D eigenvalue weighted by Crippen LogP contribution is 2.22. The summed E-state index contributed by atoms with van der Waals surface area (Å²) in [5, 5.41) is 9.05. The minimum Gasteiger partial charge on any atom is -0.490 e. The first kappa shape index (κ1) is 19.7. The molecule has 6 heteroatoms. The van der Waals surface area contributed by atoms with Gasteiger partial charge in [0, 0.05) is 19.5 Å². The molecule has 0 bridgehead atoms. The van der Waals surface area contributed by atoms with Crippen LogP contribution in [-0.4, -0.2) is 41.6 Å². The average Bonchev–Trinajstić information content (AvgIpc) is 3.04. The Hall–Kier alpha value is -3.02. The maximum Gasteiger partial charge on any atom is 0.308 e. The van der Waals surface area contributed by atoms with Crippen molar-refractivity contribution >= 4 is 11.9 Å². The van der Waals surface area contributed by atoms with Gasteiger partial charge in [0.1, 0.15) is 24.7 Å². The van der Waals surface area contributed by atoms with E-state index in [1.807, 2.05) is 50.2 Å². The lowest BCUT2D eigenvalue weighted by atomic mass is 10.1. The van der Waals surface area contributed by atoms with Crippen molar-refractivity contribution in [2.24, 2.45) is 5.92 Å². The molecule has 1 saturated heterocycles. The van der Waals surface area contributed by atoms with Gasteiger partial charge in [0.25, 0.3) is 0 Å². The van der Waals surface area contributed by atoms with E-state index < -0.39 is 11.9 Å². The molecule has 0 aromatic heterocycles. The molecule has 1 unspecified atom stereocenters. The van der Waals surface area contributed by atoms with Gasteiger partial charge in [0.15, 0.2) is 0 Å². The van der Waals surface area contributed by atoms with Crippen molar-refractivity contribution in [1.82, 2.24) is 4.90 Å². The number of carboxylic acids is 1. The standard InChI is InChI=1S/C22H25NO5/c1-15-3-4-16(2)20(11-15)28-10-9-27-19-7-5-17(6-8-19)13-23-14-18(22(25)26)12-21(23)24/h3-8,11,18H,9-10,12-14H2,1-2H3,(H,25,26). The fourth-order valence-electron chi connectivity index (χ4n) is 3.18. The average molecular weight is 383 g/mol. The first-order chi connectivity index (χ1) is 13.4. The van der Waals surface area contributed by atoms with Crippen molar-refractivity contribution in [1.29, 1.82) is 0 Å². The quantitative estimate of drug-likeness (QED) is 0.709. The van der Waals surface area contributed by atoms with E-state index in [9.17, 15) is 9.59 Å². The Morgan fingerprint density at radius 2 is 1.82 bits per heavy atom. The molecule has 2 aromatic rings. The topological polar surface area (TPSA) is 76.1 Å². The molecule has 0 radical (unpaired) electrons. The van der Waals surface area contributed by atoms with Crippen LogP contribution in [0, 0.1) is 19.8 Å². The van der Waals surface area contributed by atoms with Gasteiger partial charge in [-0.1, -0.05) is 24.3 Å². The summed E-state index contributed by atoms with van der Waals surface area (Å²) in [6.45, 7) is 5.60. The predicted molar refractivity (Wildman–Crippen MR) is 105 cm³/mol. The molecule has 1 amide bonds. The van der Waals surface area contributed by atoms with Crippen molar-refractivity contribution in [3.63, 3.8) is 0 Å². The Morgan fingerprint density at radius 3 is 2.50 bits per heavy atom. The van der Waals surface area contributed by atoms with E-state index in [1.165, 1.54) is 0 Å². The third-order valence-electron chi connectivity index (χ3n) is 4.81. The number of aliphatic carboxylic acids is 1. The molecule has 28 heavy (non-hydrogen) atoms. The van der Waals surface area contributed by atoms with Crippen LogP contribution < -0.4 is 9.47 Å². The minimum atomic E-state index is -0.914. The van der Waals surface area contributed by atoms with Crippen LogP contribution in [-0.2, 0) is 16.1 Å². The zero-order valence-corrected chi connectivity index (χ0v) is 16.2. The van der Waals surface area contributed by atoms with Gasteiger partial charge in [-0.2, -0.15) is 0 Å². The molecule has 0 saturated carbocycles. The van der Waals surface area contributed by atoms with Crippen molar-refractivity contribution in [3.05, 3.63) is 59.2 Å². The second kappa shape index (κ2) is 8.78. The van der Waals surface area contributed by atoms with E-state index in [1.54, 1.807) is 4.90 Å². The Bertz CT molecular complexity index is 847. The number of ether oxygens (including phenoxy) is 2. The normalized spacial score (nSPS) is 16.3. The Balaban J connectivity index is 1.45. The van der Waals surface area contributed by atoms with Gasteiger partial charge in [-0.15, -0.1) is 0 Å². The smallest absolute Gasteiger partial charge is 0.308 e. The van der Waals surface area contributed by atoms with Gasteiger partial charge in [-0.3, -0.25) is 9.59 Å². The van der Waals surface area contributed by atoms with Crippen molar-refractivity contribution in [2.75, 3.05) is 19.8 Å². The highest BCUT2D eigenvalue weighted by Gasteiger charge is 2.33. The number of amides is 1. The number of carboxylic acid groups (broad SMARTS) is 1. The molecule has 1 heterocycles. The van der Waals surface area contributed by atoms with Gasteiger partial charge < -0.3 is 19.5 Å². The van der Waals surface area contributed by atoms with Crippen LogP contribution in [0.2, 0.25) is 0 Å². The van der Waals surface area contributed by atoms with Gasteiger partial charge in [0.2, 0.25) is 5.91 Å². The van der Waals surface area contributed by atoms with Gasteiger partial charge in [-0.05, 0) is 48.7 Å². The summed E-state index contributed by atoms with van der Waals surface area (Å²) in [5.74, 6) is -0.0375. The lowest BCUT2D eigenvalue weighted by molar-refractivity contribution is -0.141. The Morgan fingerprint density at radius 1 is 1.11 bits per heavy atom. The number of hydrogen-bond donors (Lipinski definition) is 1. The molecule has 1 N–H and O–H groups in total. The number of aryl methyl sites for hydroxylation is 2. The number of likely N-dealkylation sites (tertiary alicyclic amines) is 1. The van der Waals surface area contributed by atoms with Gasteiger partial charge >= 0.3 is 5.97 Å². The lowest BCUT2D eigenvalue weighted by Gasteiger charge is -2.16. The summed E-state index contributed by atoms with van der Waals surface area (Å²) in [6, 6.07) is 13.6. The number of nitrogens with zero attached hydrogens (tertiary/aromatic N) is 1. The third kappa shape index (κ3) is 5.03. The summed E-state index contributed by atoms with van der Waals surface area (Å²) < 4.78 is 11.5. The first-order valence-electron chi connectivity index (χ1n) is 9.35. The fraction of sp³-hybridized carbons (Fsp3) is 0.364. The molecule has 1 aliphatic heterocycles. The van der Waals surface area contributed by atoms with E-state index >= 15 is 0 Å². The fourth-order valence-corrected chi connectivity index (χ4v) is 3.18.